The van der Waals surface area contributed by atoms with Crippen LogP contribution in [-0.2, 0) is 0 Å². The lowest BCUT2D eigenvalue weighted by Gasteiger charge is -2.11. The molecule has 2 nitrogen and oxygen atoms in total. The fourth-order valence-corrected chi connectivity index (χ4v) is 0.697. The Kier molecular flexibility index (Phi) is 4.04. The van der Waals surface area contributed by atoms with E-state index in [-0.39, 0.29) is 11.7 Å². The Bertz CT molecular complexity index is 175. The summed E-state index contributed by atoms with van der Waals surface area (Å²) >= 11 is 0. The number of hydrogen-bond donors (Lipinski definition) is 2. The van der Waals surface area contributed by atoms with Gasteiger partial charge in [-0.1, -0.05) is 25.7 Å². The lowest BCUT2D eigenvalue weighted by Crippen LogP contribution is -2.13. The van der Waals surface area contributed by atoms with Gasteiger partial charge in [0.1, 0.15) is 0 Å². The van der Waals surface area contributed by atoms with Crippen molar-refractivity contribution in [1.82, 2.24) is 0 Å². The minimum Gasteiger partial charge on any atom is -0.513 e. The zero-order valence-electron chi connectivity index (χ0n) is 8.04. The van der Waals surface area contributed by atoms with Gasteiger partial charge in [-0.15, -0.1) is 0 Å². The molecular formula is C10H18O2. The minimum atomic E-state index is -0.767. The summed E-state index contributed by atoms with van der Waals surface area (Å²) in [5.74, 6) is 0.249. The number of aliphatic hydroxyl groups excluding tert-OH is 1. The second-order valence-corrected chi connectivity index (χ2v) is 3.68. The third-order valence-electron chi connectivity index (χ3n) is 1.58. The monoisotopic (exact) mass is 170 g/mol. The molecule has 0 aliphatic carbocycles. The Labute approximate surface area is 74.2 Å². The Morgan fingerprint density at radius 1 is 1.58 bits per heavy atom. The van der Waals surface area contributed by atoms with Crippen LogP contribution in [0.15, 0.2) is 24.5 Å². The molecule has 0 bridgehead atoms. The molecule has 0 amide bonds. The van der Waals surface area contributed by atoms with Gasteiger partial charge >= 0.3 is 0 Å². The van der Waals surface area contributed by atoms with Crippen LogP contribution >= 0.6 is 0 Å². The van der Waals surface area contributed by atoms with Crippen LogP contribution in [0.2, 0.25) is 0 Å². The third-order valence-corrected chi connectivity index (χ3v) is 1.58. The molecule has 0 spiro atoms. The zero-order chi connectivity index (χ0) is 9.78. The van der Waals surface area contributed by atoms with E-state index < -0.39 is 5.60 Å². The molecule has 0 heterocycles. The molecule has 0 radical (unpaired) electrons. The molecule has 0 aromatic heterocycles. The first-order valence-electron chi connectivity index (χ1n) is 4.11. The van der Waals surface area contributed by atoms with Crippen molar-refractivity contribution in [1.29, 1.82) is 0 Å². The van der Waals surface area contributed by atoms with E-state index in [0.717, 1.165) is 0 Å². The van der Waals surface area contributed by atoms with E-state index >= 15 is 0 Å². The molecule has 0 saturated carbocycles. The summed E-state index contributed by atoms with van der Waals surface area (Å²) < 4.78 is 0. The van der Waals surface area contributed by atoms with Gasteiger partial charge < -0.3 is 10.2 Å². The summed E-state index contributed by atoms with van der Waals surface area (Å²) in [5, 5.41) is 18.3. The topological polar surface area (TPSA) is 40.5 Å². The van der Waals surface area contributed by atoms with Crippen LogP contribution in [0.25, 0.3) is 0 Å². The van der Waals surface area contributed by atoms with E-state index in [0.29, 0.717) is 6.42 Å². The average molecular weight is 170 g/mol. The molecule has 2 N–H and O–H groups in total. The molecular weight excluding hydrogens is 152 g/mol. The molecule has 0 aromatic carbocycles. The van der Waals surface area contributed by atoms with E-state index in [4.69, 9.17) is 5.11 Å². The first-order chi connectivity index (χ1) is 5.33. The van der Waals surface area contributed by atoms with Crippen molar-refractivity contribution in [2.24, 2.45) is 5.92 Å². The normalized spacial score (nSPS) is 15.0. The van der Waals surface area contributed by atoms with Crippen molar-refractivity contribution in [3.8, 4) is 0 Å². The van der Waals surface area contributed by atoms with E-state index in [1.807, 2.05) is 13.0 Å². The molecule has 0 fully saturated rings. The van der Waals surface area contributed by atoms with E-state index in [1.54, 1.807) is 19.9 Å². The van der Waals surface area contributed by atoms with Gasteiger partial charge in [-0.25, -0.2) is 0 Å². The molecule has 2 heteroatoms. The molecule has 0 rings (SSSR count). The van der Waals surface area contributed by atoms with Crippen LogP contribution in [0.1, 0.15) is 27.2 Å². The van der Waals surface area contributed by atoms with Gasteiger partial charge in [-0.05, 0) is 20.3 Å². The van der Waals surface area contributed by atoms with Gasteiger partial charge in [0.2, 0.25) is 0 Å². The maximum atomic E-state index is 9.30. The fourth-order valence-electron chi connectivity index (χ4n) is 0.697. The van der Waals surface area contributed by atoms with Crippen molar-refractivity contribution < 1.29 is 10.2 Å². The number of rotatable bonds is 4. The Morgan fingerprint density at radius 2 is 2.08 bits per heavy atom. The number of allylic oxidation sites excluding steroid dienone is 2. The zero-order valence-corrected chi connectivity index (χ0v) is 8.04. The Morgan fingerprint density at radius 3 is 2.42 bits per heavy atom. The number of hydrogen-bond acceptors (Lipinski definition) is 2. The van der Waals surface area contributed by atoms with E-state index in [9.17, 15) is 5.11 Å². The molecule has 70 valence electrons. The van der Waals surface area contributed by atoms with Gasteiger partial charge in [-0.3, -0.25) is 0 Å². The van der Waals surface area contributed by atoms with E-state index in [1.165, 1.54) is 0 Å². The van der Waals surface area contributed by atoms with Crippen LogP contribution in [-0.4, -0.2) is 15.8 Å². The minimum absolute atomic E-state index is 0.0589. The van der Waals surface area contributed by atoms with Gasteiger partial charge in [0.05, 0.1) is 11.4 Å². The molecule has 1 atom stereocenters. The van der Waals surface area contributed by atoms with Gasteiger partial charge in [-0.2, -0.15) is 0 Å². The summed E-state index contributed by atoms with van der Waals surface area (Å²) in [6.45, 7) is 8.74. The summed E-state index contributed by atoms with van der Waals surface area (Å²) in [4.78, 5) is 0. The molecule has 0 aromatic rings. The lowest BCUT2D eigenvalue weighted by atomic mass is 10.0. The van der Waals surface area contributed by atoms with Crippen LogP contribution in [0, 0.1) is 5.92 Å². The van der Waals surface area contributed by atoms with Crippen LogP contribution < -0.4 is 0 Å². The smallest absolute Gasteiger partial charge is 0.0882 e. The summed E-state index contributed by atoms with van der Waals surface area (Å²) in [5.41, 5.74) is -0.767. The average Bonchev–Trinajstić information content (AvgIpc) is 1.84. The molecule has 12 heavy (non-hydrogen) atoms. The van der Waals surface area contributed by atoms with Crippen molar-refractivity contribution >= 4 is 0 Å². The SMILES string of the molecule is C=C(O)C(C)C/C=C/C(C)(C)O. The van der Waals surface area contributed by atoms with Crippen molar-refractivity contribution in [2.75, 3.05) is 0 Å². The Balaban J connectivity index is 3.83. The fraction of sp³-hybridized carbons (Fsp3) is 0.600. The maximum absolute atomic E-state index is 9.30. The summed E-state index contributed by atoms with van der Waals surface area (Å²) in [6.07, 6.45) is 4.28. The van der Waals surface area contributed by atoms with Crippen molar-refractivity contribution in [3.63, 3.8) is 0 Å². The predicted molar refractivity (Wildman–Crippen MR) is 51.0 cm³/mol. The first-order valence-corrected chi connectivity index (χ1v) is 4.11. The summed E-state index contributed by atoms with van der Waals surface area (Å²) in [6, 6.07) is 0. The highest BCUT2D eigenvalue weighted by molar-refractivity contribution is 4.98. The summed E-state index contributed by atoms with van der Waals surface area (Å²) in [7, 11) is 0. The molecule has 1 unspecified atom stereocenters. The van der Waals surface area contributed by atoms with Crippen LogP contribution in [0.4, 0.5) is 0 Å². The highest BCUT2D eigenvalue weighted by atomic mass is 16.3. The van der Waals surface area contributed by atoms with E-state index in [2.05, 4.69) is 6.58 Å². The third kappa shape index (κ3) is 5.98. The van der Waals surface area contributed by atoms with Crippen molar-refractivity contribution in [2.45, 2.75) is 32.8 Å². The van der Waals surface area contributed by atoms with Gasteiger partial charge in [0.15, 0.2) is 0 Å². The molecule has 0 aliphatic rings. The molecule has 0 saturated heterocycles. The lowest BCUT2D eigenvalue weighted by molar-refractivity contribution is 0.132. The van der Waals surface area contributed by atoms with Gasteiger partial charge in [0.25, 0.3) is 0 Å². The largest absolute Gasteiger partial charge is 0.513 e. The second-order valence-electron chi connectivity index (χ2n) is 3.68. The standard InChI is InChI=1S/C10H18O2/c1-8(9(2)11)6-5-7-10(3,4)12/h5,7-8,11-12H,2,6H2,1,3-4H3/b7-5+. The first kappa shape index (κ1) is 11.2. The number of aliphatic hydroxyl groups is 2. The van der Waals surface area contributed by atoms with Gasteiger partial charge in [0, 0.05) is 5.92 Å². The van der Waals surface area contributed by atoms with Crippen molar-refractivity contribution in [3.05, 3.63) is 24.5 Å². The van der Waals surface area contributed by atoms with Crippen LogP contribution in [0.3, 0.4) is 0 Å². The predicted octanol–water partition coefficient (Wildman–Crippen LogP) is 2.41. The Hall–Kier alpha value is -0.760. The van der Waals surface area contributed by atoms with Crippen LogP contribution in [0.5, 0.6) is 0 Å². The molecule has 0 aliphatic heterocycles. The highest BCUT2D eigenvalue weighted by Crippen LogP contribution is 2.12. The highest BCUT2D eigenvalue weighted by Gasteiger charge is 2.07. The second kappa shape index (κ2) is 4.31. The quantitative estimate of drug-likeness (QED) is 0.502. The maximum Gasteiger partial charge on any atom is 0.0882 e.